The first-order chi connectivity index (χ1) is 25.3. The van der Waals surface area contributed by atoms with Gasteiger partial charge in [-0.1, -0.05) is 52.0 Å². The van der Waals surface area contributed by atoms with Gasteiger partial charge in [0.15, 0.2) is 0 Å². The van der Waals surface area contributed by atoms with Gasteiger partial charge in [-0.25, -0.2) is 0 Å². The molecule has 4 aliphatic heterocycles. The lowest BCUT2D eigenvalue weighted by molar-refractivity contribution is -0.148. The summed E-state index contributed by atoms with van der Waals surface area (Å²) in [6, 6.07) is 25.5. The van der Waals surface area contributed by atoms with Crippen molar-refractivity contribution >= 4 is 45.6 Å². The zero-order chi connectivity index (χ0) is 35.6. The molecule has 2 aromatic heterocycles. The second-order valence-corrected chi connectivity index (χ2v) is 15.8. The van der Waals surface area contributed by atoms with Gasteiger partial charge in [0.1, 0.15) is 22.9 Å². The maximum atomic E-state index is 7.14. The van der Waals surface area contributed by atoms with Gasteiger partial charge in [0.25, 0.3) is 0 Å². The number of piperidine rings is 2. The highest BCUT2D eigenvalue weighted by Crippen LogP contribution is 2.53. The topological polar surface area (TPSA) is 75.4 Å². The van der Waals surface area contributed by atoms with E-state index < -0.39 is 11.4 Å². The molecule has 52 heavy (non-hydrogen) atoms. The van der Waals surface area contributed by atoms with E-state index in [4.69, 9.17) is 19.5 Å². The van der Waals surface area contributed by atoms with Gasteiger partial charge in [0.05, 0.1) is 23.5 Å². The number of pyridine rings is 2. The minimum atomic E-state index is -0.637. The molecule has 0 amide bonds. The van der Waals surface area contributed by atoms with Gasteiger partial charge in [0, 0.05) is 60.2 Å². The number of nitrogens with zero attached hydrogens (tertiary/aromatic N) is 6. The molecule has 0 radical (unpaired) electrons. The lowest BCUT2D eigenvalue weighted by Gasteiger charge is -2.56. The average molecular weight is 693 g/mol. The van der Waals surface area contributed by atoms with Crippen molar-refractivity contribution in [1.82, 2.24) is 19.8 Å². The van der Waals surface area contributed by atoms with Gasteiger partial charge < -0.3 is 9.47 Å². The number of rotatable bonds is 6. The standard InChI is InChI=1S/C44H48N6O2/c1-5-41(3)21-9-25-49(43(41)29-47-39-33-11-7-23-45-35(33)17-19-37(39)51-43)27-31-13-15-32(16-14-31)28-50-26-10-22-42(4,6-2)44(50)30-48-40-34-12-8-24-46-36(34)18-20-38(40)52-44/h7-8,11-20,23-24,29-30H,5-6,9-10,21-22,25-28H2,1-4H3. The number of benzene rings is 3. The fraction of sp³-hybridized carbons (Fsp3) is 0.409. The van der Waals surface area contributed by atoms with Crippen LogP contribution in [0.4, 0.5) is 11.4 Å². The highest BCUT2D eigenvalue weighted by Gasteiger charge is 2.57. The number of aromatic nitrogens is 2. The van der Waals surface area contributed by atoms with Crippen molar-refractivity contribution in [1.29, 1.82) is 0 Å². The summed E-state index contributed by atoms with van der Waals surface area (Å²) in [6.07, 6.45) is 14.3. The third-order valence-corrected chi connectivity index (χ3v) is 13.0. The smallest absolute Gasteiger partial charge is 0.205 e. The molecule has 4 unspecified atom stereocenters. The number of likely N-dealkylation sites (tertiary alicyclic amines) is 2. The summed E-state index contributed by atoms with van der Waals surface area (Å²) in [5.74, 6) is 1.67. The molecule has 266 valence electrons. The van der Waals surface area contributed by atoms with E-state index in [0.717, 1.165) is 109 Å². The molecule has 0 aliphatic carbocycles. The monoisotopic (exact) mass is 692 g/mol. The Balaban J connectivity index is 0.990. The van der Waals surface area contributed by atoms with Gasteiger partial charge in [-0.3, -0.25) is 29.8 Å². The molecule has 2 fully saturated rings. The van der Waals surface area contributed by atoms with Crippen LogP contribution in [0.5, 0.6) is 11.5 Å². The zero-order valence-electron chi connectivity index (χ0n) is 30.8. The Morgan fingerprint density at radius 2 is 1.04 bits per heavy atom. The van der Waals surface area contributed by atoms with Crippen LogP contribution in [0.15, 0.2) is 95.2 Å². The van der Waals surface area contributed by atoms with Crippen LogP contribution in [0.1, 0.15) is 77.3 Å². The van der Waals surface area contributed by atoms with Crippen LogP contribution in [0.2, 0.25) is 0 Å². The molecule has 9 rings (SSSR count). The number of hydrogen-bond acceptors (Lipinski definition) is 8. The quantitative estimate of drug-likeness (QED) is 0.176. The molecule has 2 saturated heterocycles. The largest absolute Gasteiger partial charge is 0.464 e. The van der Waals surface area contributed by atoms with Crippen molar-refractivity contribution in [2.45, 2.75) is 90.8 Å². The SMILES string of the molecule is CCC1(C)CCCN(Cc2ccc(CN3CCCC(C)(CC)C34C=Nc3c(ccc5ncccc35)O4)cc2)C12C=Nc1c(ccc3ncccc13)O2. The van der Waals surface area contributed by atoms with E-state index in [2.05, 4.69) is 121 Å². The molecule has 0 N–H and O–H groups in total. The second-order valence-electron chi connectivity index (χ2n) is 15.8. The van der Waals surface area contributed by atoms with Gasteiger partial charge in [-0.05, 0) is 98.2 Å². The van der Waals surface area contributed by atoms with E-state index in [9.17, 15) is 0 Å². The Bertz CT molecular complexity index is 2060. The van der Waals surface area contributed by atoms with Crippen LogP contribution in [-0.4, -0.2) is 56.7 Å². The average Bonchev–Trinajstić information content (AvgIpc) is 3.19. The first-order valence-electron chi connectivity index (χ1n) is 19.1. The molecular formula is C44H48N6O2. The maximum absolute atomic E-state index is 7.14. The zero-order valence-corrected chi connectivity index (χ0v) is 30.8. The Morgan fingerprint density at radius 3 is 1.46 bits per heavy atom. The summed E-state index contributed by atoms with van der Waals surface area (Å²) in [7, 11) is 0. The normalized spacial score (nSPS) is 28.5. The van der Waals surface area contributed by atoms with Crippen molar-refractivity contribution in [3.05, 3.63) is 96.3 Å². The van der Waals surface area contributed by atoms with Gasteiger partial charge in [0.2, 0.25) is 11.4 Å². The molecule has 2 spiro atoms. The van der Waals surface area contributed by atoms with Gasteiger partial charge >= 0.3 is 0 Å². The van der Waals surface area contributed by atoms with Crippen molar-refractivity contribution < 1.29 is 9.47 Å². The molecule has 5 aromatic rings. The van der Waals surface area contributed by atoms with Crippen molar-refractivity contribution in [2.24, 2.45) is 20.8 Å². The first-order valence-corrected chi connectivity index (χ1v) is 19.1. The van der Waals surface area contributed by atoms with Gasteiger partial charge in [-0.2, -0.15) is 0 Å². The van der Waals surface area contributed by atoms with Crippen LogP contribution in [0, 0.1) is 10.8 Å². The Kier molecular flexibility index (Phi) is 7.97. The molecule has 0 bridgehead atoms. The molecular weight excluding hydrogens is 645 g/mol. The summed E-state index contributed by atoms with van der Waals surface area (Å²) < 4.78 is 14.3. The van der Waals surface area contributed by atoms with Crippen molar-refractivity contribution in [3.63, 3.8) is 0 Å². The van der Waals surface area contributed by atoms with E-state index in [-0.39, 0.29) is 10.8 Å². The minimum absolute atomic E-state index is 0.0895. The number of hydrogen-bond donors (Lipinski definition) is 0. The summed E-state index contributed by atoms with van der Waals surface area (Å²) in [5.41, 5.74) is 4.71. The highest BCUT2D eigenvalue weighted by atomic mass is 16.5. The molecule has 4 atom stereocenters. The maximum Gasteiger partial charge on any atom is 0.205 e. The third kappa shape index (κ3) is 5.01. The predicted molar refractivity (Wildman–Crippen MR) is 209 cm³/mol. The summed E-state index contributed by atoms with van der Waals surface area (Å²) in [4.78, 5) is 24.4. The van der Waals surface area contributed by atoms with Crippen LogP contribution in [0.3, 0.4) is 0 Å². The molecule has 4 aliphatic rings. The Hall–Kier alpha value is -4.66. The Labute approximate surface area is 306 Å². The lowest BCUT2D eigenvalue weighted by Crippen LogP contribution is -2.67. The van der Waals surface area contributed by atoms with Gasteiger partial charge in [-0.15, -0.1) is 0 Å². The van der Waals surface area contributed by atoms with Crippen LogP contribution < -0.4 is 9.47 Å². The summed E-state index contributed by atoms with van der Waals surface area (Å²) in [5, 5.41) is 2.05. The van der Waals surface area contributed by atoms with E-state index in [1.54, 1.807) is 0 Å². The number of fused-ring (bicyclic) bond motifs is 6. The highest BCUT2D eigenvalue weighted by molar-refractivity contribution is 5.97. The van der Waals surface area contributed by atoms with E-state index in [1.165, 1.54) is 11.1 Å². The van der Waals surface area contributed by atoms with Crippen LogP contribution in [0.25, 0.3) is 21.8 Å². The molecule has 8 heteroatoms. The lowest BCUT2D eigenvalue weighted by atomic mass is 9.69. The van der Waals surface area contributed by atoms with E-state index >= 15 is 0 Å². The summed E-state index contributed by atoms with van der Waals surface area (Å²) in [6.45, 7) is 12.8. The van der Waals surface area contributed by atoms with Crippen LogP contribution in [-0.2, 0) is 13.1 Å². The van der Waals surface area contributed by atoms with Crippen molar-refractivity contribution in [3.8, 4) is 11.5 Å². The molecule has 0 saturated carbocycles. The van der Waals surface area contributed by atoms with E-state index in [1.807, 2.05) is 24.5 Å². The number of ether oxygens (including phenoxy) is 2. The van der Waals surface area contributed by atoms with Crippen LogP contribution >= 0.6 is 0 Å². The Morgan fingerprint density at radius 1 is 0.596 bits per heavy atom. The molecule has 8 nitrogen and oxygen atoms in total. The van der Waals surface area contributed by atoms with E-state index in [0.29, 0.717) is 0 Å². The minimum Gasteiger partial charge on any atom is -0.464 e. The predicted octanol–water partition coefficient (Wildman–Crippen LogP) is 9.79. The molecule has 3 aromatic carbocycles. The summed E-state index contributed by atoms with van der Waals surface area (Å²) >= 11 is 0. The third-order valence-electron chi connectivity index (χ3n) is 13.0. The molecule has 6 heterocycles. The van der Waals surface area contributed by atoms with Crippen molar-refractivity contribution in [2.75, 3.05) is 13.1 Å². The fourth-order valence-electron chi connectivity index (χ4n) is 9.43. The first kappa shape index (κ1) is 33.2. The number of aliphatic imine (C=N–C) groups is 2. The fourth-order valence-corrected chi connectivity index (χ4v) is 9.43. The second kappa shape index (κ2) is 12.5.